The van der Waals surface area contributed by atoms with E-state index in [1.807, 2.05) is 25.1 Å². The van der Waals surface area contributed by atoms with Crippen molar-refractivity contribution in [2.45, 2.75) is 6.92 Å². The molecular formula is C14H10BrCl2NO. The van der Waals surface area contributed by atoms with Gasteiger partial charge in [-0.2, -0.15) is 0 Å². The van der Waals surface area contributed by atoms with Crippen molar-refractivity contribution in [2.24, 2.45) is 0 Å². The molecule has 0 aliphatic rings. The molecule has 0 aliphatic heterocycles. The van der Waals surface area contributed by atoms with Crippen LogP contribution < -0.4 is 5.32 Å². The highest BCUT2D eigenvalue weighted by molar-refractivity contribution is 9.10. The van der Waals surface area contributed by atoms with Gasteiger partial charge in [-0.3, -0.25) is 4.79 Å². The highest BCUT2D eigenvalue weighted by Gasteiger charge is 2.12. The summed E-state index contributed by atoms with van der Waals surface area (Å²) < 4.78 is 0.933. The van der Waals surface area contributed by atoms with Gasteiger partial charge in [0.2, 0.25) is 0 Å². The van der Waals surface area contributed by atoms with Gasteiger partial charge in [0.1, 0.15) is 0 Å². The van der Waals surface area contributed by atoms with Crippen LogP contribution >= 0.6 is 39.1 Å². The van der Waals surface area contributed by atoms with Crippen LogP contribution in [-0.4, -0.2) is 5.91 Å². The van der Waals surface area contributed by atoms with E-state index in [0.717, 1.165) is 10.0 Å². The Morgan fingerprint density at radius 1 is 1.21 bits per heavy atom. The minimum absolute atomic E-state index is 0.257. The smallest absolute Gasteiger partial charge is 0.257 e. The molecule has 2 aromatic carbocycles. The average Bonchev–Trinajstić information content (AvgIpc) is 2.37. The van der Waals surface area contributed by atoms with E-state index >= 15 is 0 Å². The lowest BCUT2D eigenvalue weighted by Crippen LogP contribution is -2.12. The van der Waals surface area contributed by atoms with E-state index in [9.17, 15) is 4.79 Å². The Hall–Kier alpha value is -1.03. The molecule has 0 saturated heterocycles. The largest absolute Gasteiger partial charge is 0.322 e. The summed E-state index contributed by atoms with van der Waals surface area (Å²) in [5, 5.41) is 3.40. The predicted octanol–water partition coefficient (Wildman–Crippen LogP) is 5.32. The molecule has 1 N–H and O–H groups in total. The Kier molecular flexibility index (Phi) is 4.50. The number of carbonyl (C=O) groups is 1. The molecule has 0 fully saturated rings. The number of nitrogens with one attached hydrogen (secondary N) is 1. The van der Waals surface area contributed by atoms with Crippen LogP contribution in [0.4, 0.5) is 5.69 Å². The molecule has 2 nitrogen and oxygen atoms in total. The van der Waals surface area contributed by atoms with Crippen LogP contribution in [0.15, 0.2) is 40.9 Å². The Balaban J connectivity index is 2.26. The molecule has 0 atom stereocenters. The second kappa shape index (κ2) is 5.95. The lowest BCUT2D eigenvalue weighted by molar-refractivity contribution is 0.102. The summed E-state index contributed by atoms with van der Waals surface area (Å²) in [6, 6.07) is 10.5. The van der Waals surface area contributed by atoms with Crippen molar-refractivity contribution >= 4 is 50.7 Å². The number of benzene rings is 2. The van der Waals surface area contributed by atoms with Gasteiger partial charge in [-0.15, -0.1) is 0 Å². The van der Waals surface area contributed by atoms with E-state index in [1.54, 1.807) is 18.2 Å². The van der Waals surface area contributed by atoms with Crippen LogP contribution in [0, 0.1) is 6.92 Å². The van der Waals surface area contributed by atoms with E-state index < -0.39 is 0 Å². The monoisotopic (exact) mass is 357 g/mol. The zero-order valence-corrected chi connectivity index (χ0v) is 13.1. The van der Waals surface area contributed by atoms with Crippen molar-refractivity contribution in [1.29, 1.82) is 0 Å². The molecule has 98 valence electrons. The summed E-state index contributed by atoms with van der Waals surface area (Å²) in [4.78, 5) is 12.1. The molecule has 1 amide bonds. The number of halogens is 3. The first-order valence-corrected chi connectivity index (χ1v) is 7.05. The van der Waals surface area contributed by atoms with Gasteiger partial charge in [0, 0.05) is 10.2 Å². The molecule has 0 aliphatic carbocycles. The summed E-state index contributed by atoms with van der Waals surface area (Å²) in [5.41, 5.74) is 2.14. The highest BCUT2D eigenvalue weighted by Crippen LogP contribution is 2.27. The van der Waals surface area contributed by atoms with Gasteiger partial charge < -0.3 is 5.32 Å². The molecule has 0 saturated carbocycles. The van der Waals surface area contributed by atoms with Crippen LogP contribution in [0.3, 0.4) is 0 Å². The number of amides is 1. The van der Waals surface area contributed by atoms with Crippen molar-refractivity contribution in [3.63, 3.8) is 0 Å². The topological polar surface area (TPSA) is 29.1 Å². The molecule has 19 heavy (non-hydrogen) atoms. The van der Waals surface area contributed by atoms with E-state index in [0.29, 0.717) is 16.3 Å². The molecule has 5 heteroatoms. The fraction of sp³-hybridized carbons (Fsp3) is 0.0714. The summed E-state index contributed by atoms with van der Waals surface area (Å²) in [7, 11) is 0. The lowest BCUT2D eigenvalue weighted by atomic mass is 10.2. The van der Waals surface area contributed by atoms with Crippen molar-refractivity contribution in [3.05, 3.63) is 62.0 Å². The maximum atomic E-state index is 12.1. The maximum absolute atomic E-state index is 12.1. The van der Waals surface area contributed by atoms with Crippen LogP contribution in [0.1, 0.15) is 15.9 Å². The standard InChI is InChI=1S/C14H10BrCl2NO/c1-8-5-6-9(7-11(8)15)18-14(19)10-3-2-4-12(16)13(10)17/h2-7H,1H3,(H,18,19). The van der Waals surface area contributed by atoms with E-state index in [-0.39, 0.29) is 10.9 Å². The quantitative estimate of drug-likeness (QED) is 0.773. The second-order valence-corrected chi connectivity index (χ2v) is 5.66. The first kappa shape index (κ1) is 14.4. The van der Waals surface area contributed by atoms with Gasteiger partial charge in [0.05, 0.1) is 15.6 Å². The summed E-state index contributed by atoms with van der Waals surface area (Å²) in [6.07, 6.45) is 0. The van der Waals surface area contributed by atoms with Crippen LogP contribution in [0.2, 0.25) is 10.0 Å². The Morgan fingerprint density at radius 3 is 2.63 bits per heavy atom. The van der Waals surface area contributed by atoms with Crippen molar-refractivity contribution in [3.8, 4) is 0 Å². The van der Waals surface area contributed by atoms with Crippen LogP contribution in [0.5, 0.6) is 0 Å². The van der Waals surface area contributed by atoms with Gasteiger partial charge in [0.25, 0.3) is 5.91 Å². The normalized spacial score (nSPS) is 10.3. The third-order valence-corrected chi connectivity index (χ3v) is 4.30. The summed E-state index contributed by atoms with van der Waals surface area (Å²) >= 11 is 15.3. The molecule has 2 aromatic rings. The molecule has 2 rings (SSSR count). The number of hydrogen-bond donors (Lipinski definition) is 1. The fourth-order valence-electron chi connectivity index (χ4n) is 1.55. The number of aryl methyl sites for hydroxylation is 1. The maximum Gasteiger partial charge on any atom is 0.257 e. The van der Waals surface area contributed by atoms with Crippen LogP contribution in [-0.2, 0) is 0 Å². The number of anilines is 1. The molecular weight excluding hydrogens is 349 g/mol. The average molecular weight is 359 g/mol. The van der Waals surface area contributed by atoms with Gasteiger partial charge in [-0.05, 0) is 36.8 Å². The van der Waals surface area contributed by atoms with Crippen LogP contribution in [0.25, 0.3) is 0 Å². The second-order valence-electron chi connectivity index (χ2n) is 4.02. The number of hydrogen-bond acceptors (Lipinski definition) is 1. The highest BCUT2D eigenvalue weighted by atomic mass is 79.9. The minimum atomic E-state index is -0.289. The first-order chi connectivity index (χ1) is 8.99. The fourth-order valence-corrected chi connectivity index (χ4v) is 2.31. The Labute approximate surface area is 129 Å². The van der Waals surface area contributed by atoms with Crippen molar-refractivity contribution in [2.75, 3.05) is 5.32 Å². The first-order valence-electron chi connectivity index (χ1n) is 5.50. The molecule has 0 unspecified atom stereocenters. The van der Waals surface area contributed by atoms with E-state index in [2.05, 4.69) is 21.2 Å². The third-order valence-electron chi connectivity index (χ3n) is 2.63. The Morgan fingerprint density at radius 2 is 1.95 bits per heavy atom. The lowest BCUT2D eigenvalue weighted by Gasteiger charge is -2.08. The van der Waals surface area contributed by atoms with Gasteiger partial charge in [-0.25, -0.2) is 0 Å². The van der Waals surface area contributed by atoms with Gasteiger partial charge >= 0.3 is 0 Å². The van der Waals surface area contributed by atoms with E-state index in [1.165, 1.54) is 0 Å². The minimum Gasteiger partial charge on any atom is -0.322 e. The Bertz CT molecular complexity index is 643. The van der Waals surface area contributed by atoms with Gasteiger partial charge in [0.15, 0.2) is 0 Å². The van der Waals surface area contributed by atoms with E-state index in [4.69, 9.17) is 23.2 Å². The SMILES string of the molecule is Cc1ccc(NC(=O)c2cccc(Cl)c2Cl)cc1Br. The molecule has 0 heterocycles. The molecule has 0 radical (unpaired) electrons. The molecule has 0 spiro atoms. The molecule has 0 bridgehead atoms. The summed E-state index contributed by atoms with van der Waals surface area (Å²) in [6.45, 7) is 1.98. The number of carbonyl (C=O) groups excluding carboxylic acids is 1. The molecule has 0 aromatic heterocycles. The van der Waals surface area contributed by atoms with Crippen molar-refractivity contribution < 1.29 is 4.79 Å². The number of rotatable bonds is 2. The van der Waals surface area contributed by atoms with Gasteiger partial charge in [-0.1, -0.05) is 51.3 Å². The predicted molar refractivity (Wildman–Crippen MR) is 83.3 cm³/mol. The van der Waals surface area contributed by atoms with Crippen molar-refractivity contribution in [1.82, 2.24) is 0 Å². The third kappa shape index (κ3) is 3.30. The summed E-state index contributed by atoms with van der Waals surface area (Å²) in [5.74, 6) is -0.289. The zero-order chi connectivity index (χ0) is 14.0. The zero-order valence-electron chi connectivity index (χ0n) is 10.0.